The standard InChI is InChI=1S/C12H20O2/c13-12(14)8-10-6-3-5-9-4-1-2-7-11(9)10/h9-11H,1-8H2,(H,13,14)/t9-,10-,11+/m0/s1. The molecular formula is C12H20O2. The van der Waals surface area contributed by atoms with Crippen molar-refractivity contribution in [1.82, 2.24) is 0 Å². The first-order chi connectivity index (χ1) is 6.77. The van der Waals surface area contributed by atoms with E-state index in [2.05, 4.69) is 0 Å². The lowest BCUT2D eigenvalue weighted by molar-refractivity contribution is -0.139. The lowest BCUT2D eigenvalue weighted by Gasteiger charge is -2.40. The molecule has 0 bridgehead atoms. The molecule has 0 radical (unpaired) electrons. The maximum absolute atomic E-state index is 10.7. The van der Waals surface area contributed by atoms with Crippen LogP contribution in [0.15, 0.2) is 0 Å². The highest BCUT2D eigenvalue weighted by Gasteiger charge is 2.35. The molecule has 14 heavy (non-hydrogen) atoms. The van der Waals surface area contributed by atoms with Crippen LogP contribution in [0.5, 0.6) is 0 Å². The monoisotopic (exact) mass is 196 g/mol. The molecule has 0 aliphatic heterocycles. The van der Waals surface area contributed by atoms with Crippen molar-refractivity contribution in [3.63, 3.8) is 0 Å². The topological polar surface area (TPSA) is 37.3 Å². The zero-order chi connectivity index (χ0) is 9.97. The van der Waals surface area contributed by atoms with Crippen molar-refractivity contribution in [2.24, 2.45) is 17.8 Å². The van der Waals surface area contributed by atoms with Crippen molar-refractivity contribution in [3.05, 3.63) is 0 Å². The third kappa shape index (κ3) is 2.10. The van der Waals surface area contributed by atoms with E-state index in [0.29, 0.717) is 12.3 Å². The Balaban J connectivity index is 1.97. The summed E-state index contributed by atoms with van der Waals surface area (Å²) in [7, 11) is 0. The van der Waals surface area contributed by atoms with Crippen molar-refractivity contribution in [2.45, 2.75) is 51.4 Å². The number of carboxylic acid groups (broad SMARTS) is 1. The zero-order valence-electron chi connectivity index (χ0n) is 8.74. The van der Waals surface area contributed by atoms with E-state index in [1.807, 2.05) is 0 Å². The molecule has 2 aliphatic carbocycles. The highest BCUT2D eigenvalue weighted by atomic mass is 16.4. The molecule has 2 heteroatoms. The van der Waals surface area contributed by atoms with Gasteiger partial charge in [0.15, 0.2) is 0 Å². The minimum atomic E-state index is -0.596. The third-order valence-electron chi connectivity index (χ3n) is 4.16. The van der Waals surface area contributed by atoms with Crippen LogP contribution in [0, 0.1) is 17.8 Å². The van der Waals surface area contributed by atoms with E-state index < -0.39 is 5.97 Å². The Labute approximate surface area is 85.7 Å². The number of hydrogen-bond acceptors (Lipinski definition) is 1. The quantitative estimate of drug-likeness (QED) is 0.737. The molecule has 0 amide bonds. The zero-order valence-corrected chi connectivity index (χ0v) is 8.74. The Bertz CT molecular complexity index is 210. The fourth-order valence-corrected chi connectivity index (χ4v) is 3.55. The van der Waals surface area contributed by atoms with E-state index in [4.69, 9.17) is 5.11 Å². The maximum atomic E-state index is 10.7. The smallest absolute Gasteiger partial charge is 0.303 e. The predicted octanol–water partition coefficient (Wildman–Crippen LogP) is 3.07. The van der Waals surface area contributed by atoms with E-state index in [-0.39, 0.29) is 0 Å². The molecule has 2 aliphatic rings. The van der Waals surface area contributed by atoms with Gasteiger partial charge in [0, 0.05) is 6.42 Å². The van der Waals surface area contributed by atoms with E-state index in [1.54, 1.807) is 0 Å². The van der Waals surface area contributed by atoms with Gasteiger partial charge in [-0.2, -0.15) is 0 Å². The summed E-state index contributed by atoms with van der Waals surface area (Å²) in [5.74, 6) is 1.50. The van der Waals surface area contributed by atoms with Crippen molar-refractivity contribution < 1.29 is 9.90 Å². The maximum Gasteiger partial charge on any atom is 0.303 e. The van der Waals surface area contributed by atoms with E-state index in [9.17, 15) is 4.79 Å². The molecule has 0 unspecified atom stereocenters. The van der Waals surface area contributed by atoms with Gasteiger partial charge >= 0.3 is 5.97 Å². The number of carboxylic acids is 1. The van der Waals surface area contributed by atoms with E-state index in [1.165, 1.54) is 38.5 Å². The molecule has 0 aromatic rings. The Morgan fingerprint density at radius 1 is 1.07 bits per heavy atom. The normalized spacial score (nSPS) is 37.6. The van der Waals surface area contributed by atoms with Gasteiger partial charge in [0.25, 0.3) is 0 Å². The summed E-state index contributed by atoms with van der Waals surface area (Å²) in [6.07, 6.45) is 9.57. The van der Waals surface area contributed by atoms with Gasteiger partial charge < -0.3 is 5.11 Å². The molecule has 0 heterocycles. The summed E-state index contributed by atoms with van der Waals surface area (Å²) in [5, 5.41) is 8.86. The minimum Gasteiger partial charge on any atom is -0.481 e. The second-order valence-corrected chi connectivity index (χ2v) is 5.00. The van der Waals surface area contributed by atoms with E-state index >= 15 is 0 Å². The van der Waals surface area contributed by atoms with Crippen LogP contribution in [-0.2, 0) is 4.79 Å². The molecule has 0 aromatic carbocycles. The van der Waals surface area contributed by atoms with Crippen molar-refractivity contribution in [2.75, 3.05) is 0 Å². The van der Waals surface area contributed by atoms with Gasteiger partial charge in [-0.3, -0.25) is 4.79 Å². The second kappa shape index (κ2) is 4.33. The fourth-order valence-electron chi connectivity index (χ4n) is 3.55. The van der Waals surface area contributed by atoms with Gasteiger partial charge in [0.1, 0.15) is 0 Å². The fraction of sp³-hybridized carbons (Fsp3) is 0.917. The Kier molecular flexibility index (Phi) is 3.09. The molecule has 80 valence electrons. The largest absolute Gasteiger partial charge is 0.481 e. The molecule has 0 saturated heterocycles. The molecular weight excluding hydrogens is 176 g/mol. The molecule has 0 spiro atoms. The number of fused-ring (bicyclic) bond motifs is 1. The molecule has 2 saturated carbocycles. The van der Waals surface area contributed by atoms with Gasteiger partial charge in [0.05, 0.1) is 0 Å². The Morgan fingerprint density at radius 3 is 2.57 bits per heavy atom. The van der Waals surface area contributed by atoms with Crippen LogP contribution < -0.4 is 0 Å². The van der Waals surface area contributed by atoms with Crippen LogP contribution >= 0.6 is 0 Å². The van der Waals surface area contributed by atoms with Gasteiger partial charge in [0.2, 0.25) is 0 Å². The average Bonchev–Trinajstić information content (AvgIpc) is 2.18. The van der Waals surface area contributed by atoms with E-state index in [0.717, 1.165) is 18.3 Å². The van der Waals surface area contributed by atoms with Crippen molar-refractivity contribution >= 4 is 5.97 Å². The third-order valence-corrected chi connectivity index (χ3v) is 4.16. The summed E-state index contributed by atoms with van der Waals surface area (Å²) in [4.78, 5) is 10.7. The van der Waals surface area contributed by atoms with Crippen LogP contribution in [0.4, 0.5) is 0 Å². The van der Waals surface area contributed by atoms with Gasteiger partial charge in [-0.05, 0) is 30.6 Å². The lowest BCUT2D eigenvalue weighted by Crippen LogP contribution is -2.32. The first kappa shape index (κ1) is 10.0. The molecule has 2 fully saturated rings. The molecule has 3 atom stereocenters. The minimum absolute atomic E-state index is 0.418. The van der Waals surface area contributed by atoms with Gasteiger partial charge in [-0.1, -0.05) is 32.1 Å². The molecule has 1 N–H and O–H groups in total. The SMILES string of the molecule is O=C(O)C[C@@H]1CCC[C@@H]2CCCC[C@H]21. The van der Waals surface area contributed by atoms with Crippen LogP contribution in [0.1, 0.15) is 51.4 Å². The van der Waals surface area contributed by atoms with Crippen LogP contribution in [0.3, 0.4) is 0 Å². The van der Waals surface area contributed by atoms with Crippen LogP contribution in [0.25, 0.3) is 0 Å². The number of carbonyl (C=O) groups is 1. The number of hydrogen-bond donors (Lipinski definition) is 1. The van der Waals surface area contributed by atoms with Gasteiger partial charge in [-0.15, -0.1) is 0 Å². The van der Waals surface area contributed by atoms with Crippen molar-refractivity contribution in [3.8, 4) is 0 Å². The molecule has 0 aromatic heterocycles. The number of rotatable bonds is 2. The number of aliphatic carboxylic acids is 1. The average molecular weight is 196 g/mol. The first-order valence-corrected chi connectivity index (χ1v) is 5.99. The molecule has 2 rings (SSSR count). The summed E-state index contributed by atoms with van der Waals surface area (Å²) in [6.45, 7) is 0. The lowest BCUT2D eigenvalue weighted by atomic mass is 9.65. The first-order valence-electron chi connectivity index (χ1n) is 5.99. The van der Waals surface area contributed by atoms with Crippen LogP contribution in [0.2, 0.25) is 0 Å². The summed E-state index contributed by atoms with van der Waals surface area (Å²) in [5.41, 5.74) is 0. The summed E-state index contributed by atoms with van der Waals surface area (Å²) < 4.78 is 0. The summed E-state index contributed by atoms with van der Waals surface area (Å²) in [6, 6.07) is 0. The Hall–Kier alpha value is -0.530. The molecule has 2 nitrogen and oxygen atoms in total. The second-order valence-electron chi connectivity index (χ2n) is 5.00. The van der Waals surface area contributed by atoms with Crippen LogP contribution in [-0.4, -0.2) is 11.1 Å². The Morgan fingerprint density at radius 2 is 1.79 bits per heavy atom. The highest BCUT2D eigenvalue weighted by molar-refractivity contribution is 5.67. The van der Waals surface area contributed by atoms with Crippen molar-refractivity contribution in [1.29, 1.82) is 0 Å². The van der Waals surface area contributed by atoms with Gasteiger partial charge in [-0.25, -0.2) is 0 Å². The predicted molar refractivity (Wildman–Crippen MR) is 55.0 cm³/mol. The highest BCUT2D eigenvalue weighted by Crippen LogP contribution is 2.44. The summed E-state index contributed by atoms with van der Waals surface area (Å²) >= 11 is 0.